The fourth-order valence-electron chi connectivity index (χ4n) is 3.51. The Morgan fingerprint density at radius 1 is 0.875 bits per heavy atom. The van der Waals surface area contributed by atoms with Gasteiger partial charge in [0.25, 0.3) is 0 Å². The van der Waals surface area contributed by atoms with E-state index in [-0.39, 0.29) is 11.4 Å². The van der Waals surface area contributed by atoms with Crippen LogP contribution >= 0.6 is 0 Å². The summed E-state index contributed by atoms with van der Waals surface area (Å²) in [6.45, 7) is 11.4. The monoisotopic (exact) mass is 333 g/mol. The molecule has 0 aliphatic carbocycles. The van der Waals surface area contributed by atoms with Gasteiger partial charge in [-0.2, -0.15) is 0 Å². The summed E-state index contributed by atoms with van der Waals surface area (Å²) in [5.41, 5.74) is 0.827. The molecule has 0 aromatic heterocycles. The Bertz CT molecular complexity index is 454. The van der Waals surface area contributed by atoms with Crippen molar-refractivity contribution in [3.05, 3.63) is 35.9 Å². The highest BCUT2D eigenvalue weighted by Gasteiger charge is 2.51. The first-order valence-corrected chi connectivity index (χ1v) is 9.63. The van der Waals surface area contributed by atoms with E-state index < -0.39 is 0 Å². The van der Waals surface area contributed by atoms with Crippen LogP contribution in [0.4, 0.5) is 0 Å². The lowest BCUT2D eigenvalue weighted by Crippen LogP contribution is -2.53. The van der Waals surface area contributed by atoms with Crippen molar-refractivity contribution >= 4 is 0 Å². The van der Waals surface area contributed by atoms with E-state index in [0.717, 1.165) is 45.4 Å². The maximum absolute atomic E-state index is 6.36. The summed E-state index contributed by atoms with van der Waals surface area (Å²) in [4.78, 5) is 2.45. The molecule has 1 saturated heterocycles. The molecule has 0 saturated carbocycles. The summed E-state index contributed by atoms with van der Waals surface area (Å²) in [5, 5.41) is 0. The van der Waals surface area contributed by atoms with Crippen LogP contribution in [0.5, 0.6) is 0 Å². The van der Waals surface area contributed by atoms with Gasteiger partial charge in [0.15, 0.2) is 0 Å². The first-order valence-electron chi connectivity index (χ1n) is 9.63. The van der Waals surface area contributed by atoms with Gasteiger partial charge in [0.05, 0.1) is 0 Å². The Morgan fingerprint density at radius 3 is 1.83 bits per heavy atom. The van der Waals surface area contributed by atoms with E-state index in [9.17, 15) is 0 Å². The van der Waals surface area contributed by atoms with Crippen molar-refractivity contribution in [2.24, 2.45) is 0 Å². The molecule has 2 rings (SSSR count). The lowest BCUT2D eigenvalue weighted by molar-refractivity contribution is -0.218. The van der Waals surface area contributed by atoms with Crippen LogP contribution in [0.2, 0.25) is 0 Å². The third kappa shape index (κ3) is 4.81. The molecule has 24 heavy (non-hydrogen) atoms. The second-order valence-corrected chi connectivity index (χ2v) is 7.33. The number of rotatable bonds is 10. The van der Waals surface area contributed by atoms with Gasteiger partial charge in [0.1, 0.15) is 11.4 Å². The van der Waals surface area contributed by atoms with Crippen LogP contribution < -0.4 is 0 Å². The van der Waals surface area contributed by atoms with Crippen LogP contribution in [0, 0.1) is 0 Å². The van der Waals surface area contributed by atoms with Crippen molar-refractivity contribution in [1.29, 1.82) is 0 Å². The normalized spacial score (nSPS) is 27.7. The molecule has 0 N–H and O–H groups in total. The molecule has 2 unspecified atom stereocenters. The fourth-order valence-corrected chi connectivity index (χ4v) is 3.51. The summed E-state index contributed by atoms with van der Waals surface area (Å²) in [5.74, 6) is 0. The molecule has 0 spiro atoms. The quantitative estimate of drug-likeness (QED) is 0.539. The number of unbranched alkanes of at least 4 members (excludes halogenated alkanes) is 2. The van der Waals surface area contributed by atoms with Crippen LogP contribution in [0.25, 0.3) is 0 Å². The zero-order valence-electron chi connectivity index (χ0n) is 16.0. The van der Waals surface area contributed by atoms with E-state index in [1.54, 1.807) is 0 Å². The predicted octanol–water partition coefficient (Wildman–Crippen LogP) is 5.35. The fraction of sp³-hybridized carbons (Fsp3) is 0.714. The van der Waals surface area contributed by atoms with Crippen molar-refractivity contribution in [3.8, 4) is 0 Å². The summed E-state index contributed by atoms with van der Waals surface area (Å²) in [7, 11) is 0. The molecule has 3 nitrogen and oxygen atoms in total. The predicted molar refractivity (Wildman–Crippen MR) is 99.7 cm³/mol. The minimum atomic E-state index is -0.244. The molecule has 1 aromatic rings. The zero-order chi connectivity index (χ0) is 17.5. The Labute approximate surface area is 148 Å². The highest BCUT2D eigenvalue weighted by molar-refractivity contribution is 5.16. The van der Waals surface area contributed by atoms with Crippen molar-refractivity contribution in [2.75, 3.05) is 13.2 Å². The smallest absolute Gasteiger partial charge is 0.121 e. The summed E-state index contributed by atoms with van der Waals surface area (Å²) >= 11 is 0. The standard InChI is InChI=1S/C21H35NO2/c1-5-7-16-23-20(3)14-15-21(4,24-17-8-6-2)22(20)18-19-12-10-9-11-13-19/h9-13H,5-8,14-18H2,1-4H3. The van der Waals surface area contributed by atoms with Gasteiger partial charge in [-0.15, -0.1) is 0 Å². The second-order valence-electron chi connectivity index (χ2n) is 7.33. The third-order valence-electron chi connectivity index (χ3n) is 5.20. The molecular formula is C21H35NO2. The van der Waals surface area contributed by atoms with E-state index >= 15 is 0 Å². The topological polar surface area (TPSA) is 21.7 Å². The number of likely N-dealkylation sites (tertiary alicyclic amines) is 1. The molecule has 1 aromatic carbocycles. The maximum Gasteiger partial charge on any atom is 0.121 e. The molecule has 3 heteroatoms. The molecule has 1 aliphatic heterocycles. The number of ether oxygens (including phenoxy) is 2. The van der Waals surface area contributed by atoms with Gasteiger partial charge in [0, 0.05) is 19.8 Å². The Balaban J connectivity index is 2.14. The highest BCUT2D eigenvalue weighted by atomic mass is 16.6. The SMILES string of the molecule is CCCCOC1(C)CCC(C)(OCCCC)N1Cc1ccccc1. The average molecular weight is 334 g/mol. The van der Waals surface area contributed by atoms with Gasteiger partial charge in [-0.1, -0.05) is 57.0 Å². The lowest BCUT2D eigenvalue weighted by atomic mass is 10.1. The largest absolute Gasteiger partial charge is 0.361 e. The third-order valence-corrected chi connectivity index (χ3v) is 5.20. The maximum atomic E-state index is 6.36. The highest BCUT2D eigenvalue weighted by Crippen LogP contribution is 2.43. The van der Waals surface area contributed by atoms with Gasteiger partial charge in [0.2, 0.25) is 0 Å². The van der Waals surface area contributed by atoms with E-state index in [0.29, 0.717) is 0 Å². The van der Waals surface area contributed by atoms with E-state index in [2.05, 4.69) is 62.9 Å². The number of hydrogen-bond donors (Lipinski definition) is 0. The van der Waals surface area contributed by atoms with Crippen molar-refractivity contribution in [2.45, 2.75) is 84.2 Å². The molecule has 136 valence electrons. The van der Waals surface area contributed by atoms with E-state index in [1.165, 1.54) is 18.4 Å². The van der Waals surface area contributed by atoms with E-state index in [1.807, 2.05) is 0 Å². The molecule has 2 atom stereocenters. The average Bonchev–Trinajstić information content (AvgIpc) is 2.82. The van der Waals surface area contributed by atoms with Gasteiger partial charge in [-0.25, -0.2) is 4.90 Å². The number of hydrogen-bond acceptors (Lipinski definition) is 3. The molecular weight excluding hydrogens is 298 g/mol. The number of nitrogens with zero attached hydrogens (tertiary/aromatic N) is 1. The van der Waals surface area contributed by atoms with Crippen molar-refractivity contribution in [3.63, 3.8) is 0 Å². The second kappa shape index (κ2) is 8.98. The van der Waals surface area contributed by atoms with Crippen LogP contribution in [0.15, 0.2) is 30.3 Å². The van der Waals surface area contributed by atoms with E-state index in [4.69, 9.17) is 9.47 Å². The van der Waals surface area contributed by atoms with Gasteiger partial charge in [-0.3, -0.25) is 0 Å². The summed E-state index contributed by atoms with van der Waals surface area (Å²) in [6, 6.07) is 10.7. The molecule has 1 fully saturated rings. The minimum Gasteiger partial charge on any atom is -0.361 e. The molecule has 0 radical (unpaired) electrons. The summed E-state index contributed by atoms with van der Waals surface area (Å²) < 4.78 is 12.7. The zero-order valence-corrected chi connectivity index (χ0v) is 16.0. The molecule has 1 aliphatic rings. The first kappa shape index (κ1) is 19.4. The van der Waals surface area contributed by atoms with Crippen LogP contribution in [-0.4, -0.2) is 29.6 Å². The number of benzene rings is 1. The van der Waals surface area contributed by atoms with Crippen LogP contribution in [0.1, 0.15) is 71.8 Å². The Hall–Kier alpha value is -0.900. The Morgan fingerprint density at radius 2 is 1.38 bits per heavy atom. The lowest BCUT2D eigenvalue weighted by Gasteiger charge is -2.43. The molecule has 1 heterocycles. The minimum absolute atomic E-state index is 0.244. The molecule has 0 amide bonds. The van der Waals surface area contributed by atoms with Gasteiger partial charge in [-0.05, 0) is 45.1 Å². The summed E-state index contributed by atoms with van der Waals surface area (Å²) in [6.07, 6.45) is 6.60. The van der Waals surface area contributed by atoms with Crippen molar-refractivity contribution < 1.29 is 9.47 Å². The van der Waals surface area contributed by atoms with Crippen molar-refractivity contribution in [1.82, 2.24) is 4.90 Å². The first-order chi connectivity index (χ1) is 11.5. The molecule has 0 bridgehead atoms. The Kier molecular flexibility index (Phi) is 7.27. The van der Waals surface area contributed by atoms with Gasteiger partial charge >= 0.3 is 0 Å². The van der Waals surface area contributed by atoms with Crippen LogP contribution in [0.3, 0.4) is 0 Å². The van der Waals surface area contributed by atoms with Crippen LogP contribution in [-0.2, 0) is 16.0 Å². The van der Waals surface area contributed by atoms with Gasteiger partial charge < -0.3 is 9.47 Å².